The van der Waals surface area contributed by atoms with Crippen molar-refractivity contribution in [3.8, 4) is 0 Å². The summed E-state index contributed by atoms with van der Waals surface area (Å²) in [7, 11) is 2.63. The van der Waals surface area contributed by atoms with Gasteiger partial charge in [0.05, 0.1) is 26.2 Å². The molecule has 1 aliphatic heterocycles. The van der Waals surface area contributed by atoms with Crippen LogP contribution in [0.5, 0.6) is 0 Å². The SMILES string of the molecule is COC(=O)[C@]12C[C@H]1[C@H](OC(C)=O)[C@@H]([C@@]1(C(=O)OC)CO1)C2. The average Bonchev–Trinajstić information content (AvgIpc) is 3.36. The van der Waals surface area contributed by atoms with Crippen molar-refractivity contribution in [3.63, 3.8) is 0 Å². The number of hydrogen-bond acceptors (Lipinski definition) is 7. The zero-order valence-electron chi connectivity index (χ0n) is 12.2. The Morgan fingerprint density at radius 3 is 2.10 bits per heavy atom. The second-order valence-electron chi connectivity index (χ2n) is 6.01. The summed E-state index contributed by atoms with van der Waals surface area (Å²) in [5.74, 6) is -1.70. The number of methoxy groups -OCH3 is 2. The molecular formula is C14H18O7. The Kier molecular flexibility index (Phi) is 3.02. The van der Waals surface area contributed by atoms with E-state index in [4.69, 9.17) is 18.9 Å². The van der Waals surface area contributed by atoms with Crippen LogP contribution in [0.25, 0.3) is 0 Å². The number of hydrogen-bond donors (Lipinski definition) is 0. The van der Waals surface area contributed by atoms with E-state index >= 15 is 0 Å². The molecule has 3 rings (SSSR count). The Morgan fingerprint density at radius 2 is 1.62 bits per heavy atom. The second-order valence-corrected chi connectivity index (χ2v) is 6.01. The van der Waals surface area contributed by atoms with Gasteiger partial charge in [-0.3, -0.25) is 9.59 Å². The highest BCUT2D eigenvalue weighted by atomic mass is 16.6. The van der Waals surface area contributed by atoms with Gasteiger partial charge < -0.3 is 18.9 Å². The molecule has 7 heteroatoms. The van der Waals surface area contributed by atoms with Gasteiger partial charge in [0.25, 0.3) is 0 Å². The summed E-state index contributed by atoms with van der Waals surface area (Å²) in [4.78, 5) is 35.3. The van der Waals surface area contributed by atoms with E-state index in [1.54, 1.807) is 0 Å². The summed E-state index contributed by atoms with van der Waals surface area (Å²) in [5, 5.41) is 0. The number of carbonyl (C=O) groups is 3. The molecule has 0 amide bonds. The molecule has 0 radical (unpaired) electrons. The lowest BCUT2D eigenvalue weighted by atomic mass is 9.84. The summed E-state index contributed by atoms with van der Waals surface area (Å²) < 4.78 is 20.4. The topological polar surface area (TPSA) is 91.4 Å². The molecule has 116 valence electrons. The van der Waals surface area contributed by atoms with E-state index in [1.807, 2.05) is 0 Å². The molecule has 1 saturated heterocycles. The highest BCUT2D eigenvalue weighted by molar-refractivity contribution is 5.85. The third kappa shape index (κ3) is 1.87. The fraction of sp³-hybridized carbons (Fsp3) is 0.786. The predicted octanol–water partition coefficient (Wildman–Crippen LogP) is 0.0593. The maximum atomic E-state index is 12.0. The first-order valence-corrected chi connectivity index (χ1v) is 6.89. The molecule has 5 atom stereocenters. The predicted molar refractivity (Wildman–Crippen MR) is 66.9 cm³/mol. The Morgan fingerprint density at radius 1 is 1.05 bits per heavy atom. The van der Waals surface area contributed by atoms with E-state index in [0.717, 1.165) is 0 Å². The lowest BCUT2D eigenvalue weighted by Gasteiger charge is -2.26. The van der Waals surface area contributed by atoms with Gasteiger partial charge in [0.15, 0.2) is 5.60 Å². The van der Waals surface area contributed by atoms with Gasteiger partial charge in [0, 0.05) is 18.8 Å². The van der Waals surface area contributed by atoms with Gasteiger partial charge in [-0.05, 0) is 12.8 Å². The Labute approximate surface area is 121 Å². The normalized spacial score (nSPS) is 42.7. The summed E-state index contributed by atoms with van der Waals surface area (Å²) in [6, 6.07) is 0. The van der Waals surface area contributed by atoms with Crippen LogP contribution in [0.1, 0.15) is 19.8 Å². The van der Waals surface area contributed by atoms with E-state index in [0.29, 0.717) is 12.8 Å². The maximum absolute atomic E-state index is 12.0. The second kappa shape index (κ2) is 4.43. The van der Waals surface area contributed by atoms with E-state index in [-0.39, 0.29) is 24.4 Å². The fourth-order valence-electron chi connectivity index (χ4n) is 3.83. The standard InChI is InChI=1S/C14H18O7/c1-7(15)21-10-8-4-13(8,11(16)18-2)5-9(10)14(6-20-14)12(17)19-3/h8-10H,4-6H2,1-3H3/t8-,9-,10-,13-,14+/m0/s1. The largest absolute Gasteiger partial charge is 0.469 e. The molecule has 0 N–H and O–H groups in total. The van der Waals surface area contributed by atoms with Crippen molar-refractivity contribution in [1.29, 1.82) is 0 Å². The summed E-state index contributed by atoms with van der Waals surface area (Å²) in [6.45, 7) is 1.54. The molecule has 7 nitrogen and oxygen atoms in total. The summed E-state index contributed by atoms with van der Waals surface area (Å²) >= 11 is 0. The van der Waals surface area contributed by atoms with Crippen molar-refractivity contribution in [2.45, 2.75) is 31.5 Å². The van der Waals surface area contributed by atoms with Gasteiger partial charge in [0.1, 0.15) is 6.10 Å². The molecule has 0 aromatic rings. The Bertz CT molecular complexity index is 509. The van der Waals surface area contributed by atoms with Gasteiger partial charge in [-0.2, -0.15) is 0 Å². The number of fused-ring (bicyclic) bond motifs is 1. The van der Waals surface area contributed by atoms with Crippen molar-refractivity contribution >= 4 is 17.9 Å². The van der Waals surface area contributed by atoms with Crippen molar-refractivity contribution < 1.29 is 33.3 Å². The minimum atomic E-state index is -1.08. The van der Waals surface area contributed by atoms with Crippen molar-refractivity contribution in [2.75, 3.05) is 20.8 Å². The molecule has 0 aromatic heterocycles. The summed E-state index contributed by atoms with van der Waals surface area (Å²) in [5.41, 5.74) is -1.73. The molecule has 1 heterocycles. The Balaban J connectivity index is 1.87. The molecule has 0 unspecified atom stereocenters. The van der Waals surface area contributed by atoms with Gasteiger partial charge in [0.2, 0.25) is 0 Å². The molecule has 0 bridgehead atoms. The first-order valence-electron chi connectivity index (χ1n) is 6.89. The van der Waals surface area contributed by atoms with E-state index in [9.17, 15) is 14.4 Å². The van der Waals surface area contributed by atoms with E-state index < -0.39 is 29.1 Å². The zero-order chi connectivity index (χ0) is 15.4. The van der Waals surface area contributed by atoms with E-state index in [2.05, 4.69) is 0 Å². The molecule has 21 heavy (non-hydrogen) atoms. The minimum Gasteiger partial charge on any atom is -0.469 e. The van der Waals surface area contributed by atoms with Crippen LogP contribution >= 0.6 is 0 Å². The first-order chi connectivity index (χ1) is 9.91. The summed E-state index contributed by atoms with van der Waals surface area (Å²) in [6.07, 6.45) is 0.520. The van der Waals surface area contributed by atoms with Crippen LogP contribution in [0.2, 0.25) is 0 Å². The van der Waals surface area contributed by atoms with Crippen LogP contribution in [0, 0.1) is 17.3 Å². The van der Waals surface area contributed by atoms with Crippen LogP contribution in [-0.4, -0.2) is 50.4 Å². The van der Waals surface area contributed by atoms with Crippen LogP contribution in [0.3, 0.4) is 0 Å². The number of carbonyl (C=O) groups excluding carboxylic acids is 3. The monoisotopic (exact) mass is 298 g/mol. The fourth-order valence-corrected chi connectivity index (χ4v) is 3.83. The van der Waals surface area contributed by atoms with Crippen LogP contribution in [-0.2, 0) is 33.3 Å². The zero-order valence-corrected chi connectivity index (χ0v) is 12.2. The van der Waals surface area contributed by atoms with Crippen molar-refractivity contribution in [2.24, 2.45) is 17.3 Å². The van der Waals surface area contributed by atoms with Crippen molar-refractivity contribution in [3.05, 3.63) is 0 Å². The number of rotatable bonds is 4. The maximum Gasteiger partial charge on any atom is 0.341 e. The van der Waals surface area contributed by atoms with E-state index in [1.165, 1.54) is 21.1 Å². The molecule has 3 aliphatic rings. The highest BCUT2D eigenvalue weighted by Gasteiger charge is 2.78. The van der Waals surface area contributed by atoms with Crippen LogP contribution in [0.15, 0.2) is 0 Å². The molecule has 3 fully saturated rings. The highest BCUT2D eigenvalue weighted by Crippen LogP contribution is 2.69. The molecule has 0 aromatic carbocycles. The van der Waals surface area contributed by atoms with Crippen LogP contribution in [0.4, 0.5) is 0 Å². The third-order valence-electron chi connectivity index (χ3n) is 4.99. The number of esters is 3. The van der Waals surface area contributed by atoms with Gasteiger partial charge >= 0.3 is 17.9 Å². The lowest BCUT2D eigenvalue weighted by Crippen LogP contribution is -2.42. The smallest absolute Gasteiger partial charge is 0.341 e. The number of epoxide rings is 1. The third-order valence-corrected chi connectivity index (χ3v) is 4.99. The van der Waals surface area contributed by atoms with Gasteiger partial charge in [-0.1, -0.05) is 0 Å². The molecule has 0 spiro atoms. The van der Waals surface area contributed by atoms with Crippen LogP contribution < -0.4 is 0 Å². The Hall–Kier alpha value is -1.63. The average molecular weight is 298 g/mol. The molecule has 2 saturated carbocycles. The van der Waals surface area contributed by atoms with Gasteiger partial charge in [-0.15, -0.1) is 0 Å². The van der Waals surface area contributed by atoms with Crippen molar-refractivity contribution in [1.82, 2.24) is 0 Å². The first kappa shape index (κ1) is 14.3. The molecule has 2 aliphatic carbocycles. The quantitative estimate of drug-likeness (QED) is 0.411. The lowest BCUT2D eigenvalue weighted by molar-refractivity contribution is -0.159. The number of ether oxygens (including phenoxy) is 4. The minimum absolute atomic E-state index is 0.107. The van der Waals surface area contributed by atoms with Gasteiger partial charge in [-0.25, -0.2) is 4.79 Å². The molecular weight excluding hydrogens is 280 g/mol.